The van der Waals surface area contributed by atoms with Gasteiger partial charge in [0, 0.05) is 17.1 Å². The van der Waals surface area contributed by atoms with Crippen molar-refractivity contribution in [2.24, 2.45) is 0 Å². The Bertz CT molecular complexity index is 1490. The molecular formula is C31H33N5O2S. The number of hydrogen-bond donors (Lipinski definition) is 2. The lowest BCUT2D eigenvalue weighted by Crippen LogP contribution is -2.31. The van der Waals surface area contributed by atoms with Crippen molar-refractivity contribution in [3.05, 3.63) is 106 Å². The maximum atomic E-state index is 13.8. The summed E-state index contributed by atoms with van der Waals surface area (Å²) in [5.74, 6) is 2.14. The van der Waals surface area contributed by atoms with Gasteiger partial charge in [-0.05, 0) is 62.1 Å². The van der Waals surface area contributed by atoms with Gasteiger partial charge >= 0.3 is 0 Å². The van der Waals surface area contributed by atoms with Crippen LogP contribution in [-0.4, -0.2) is 26.4 Å². The van der Waals surface area contributed by atoms with E-state index in [0.717, 1.165) is 46.0 Å². The van der Waals surface area contributed by atoms with Gasteiger partial charge in [-0.2, -0.15) is 4.98 Å². The Labute approximate surface area is 233 Å². The Kier molecular flexibility index (Phi) is 8.02. The third-order valence-corrected chi connectivity index (χ3v) is 7.67. The molecule has 39 heavy (non-hydrogen) atoms. The van der Waals surface area contributed by atoms with Gasteiger partial charge in [0.05, 0.1) is 5.57 Å². The molecule has 5 rings (SSSR count). The maximum Gasteiger partial charge on any atom is 0.255 e. The second kappa shape index (κ2) is 11.8. The van der Waals surface area contributed by atoms with Crippen LogP contribution in [0.5, 0.6) is 5.75 Å². The van der Waals surface area contributed by atoms with Crippen molar-refractivity contribution in [2.45, 2.75) is 51.9 Å². The number of aryl methyl sites for hydroxylation is 2. The SMILES string of the molecule is CCCSc1nc2n(n1)C(c1ccc(OCc3ccc(C)cc3)cc1)C(C(=O)Nc1ccccc1C)=C(C)N2. The monoisotopic (exact) mass is 539 g/mol. The van der Waals surface area contributed by atoms with Crippen LogP contribution in [0.25, 0.3) is 0 Å². The summed E-state index contributed by atoms with van der Waals surface area (Å²) in [6, 6.07) is 23.5. The van der Waals surface area contributed by atoms with Crippen LogP contribution in [0.2, 0.25) is 0 Å². The van der Waals surface area contributed by atoms with E-state index in [9.17, 15) is 4.79 Å². The highest BCUT2D eigenvalue weighted by molar-refractivity contribution is 7.99. The quantitative estimate of drug-likeness (QED) is 0.225. The minimum atomic E-state index is -0.445. The lowest BCUT2D eigenvalue weighted by Gasteiger charge is -2.29. The molecule has 1 aromatic heterocycles. The molecule has 1 amide bonds. The van der Waals surface area contributed by atoms with E-state index in [1.807, 2.05) is 67.1 Å². The molecule has 3 aromatic carbocycles. The van der Waals surface area contributed by atoms with Gasteiger partial charge < -0.3 is 15.4 Å². The van der Waals surface area contributed by atoms with Crippen LogP contribution in [0.3, 0.4) is 0 Å². The summed E-state index contributed by atoms with van der Waals surface area (Å²) in [4.78, 5) is 18.5. The summed E-state index contributed by atoms with van der Waals surface area (Å²) in [6.45, 7) is 8.58. The Balaban J connectivity index is 1.45. The van der Waals surface area contributed by atoms with Gasteiger partial charge in [-0.25, -0.2) is 4.68 Å². The fourth-order valence-corrected chi connectivity index (χ4v) is 5.17. The van der Waals surface area contributed by atoms with Crippen molar-refractivity contribution >= 4 is 29.3 Å². The first-order chi connectivity index (χ1) is 18.9. The Morgan fingerprint density at radius 2 is 1.77 bits per heavy atom. The van der Waals surface area contributed by atoms with Crippen molar-refractivity contribution in [2.75, 3.05) is 16.4 Å². The zero-order valence-electron chi connectivity index (χ0n) is 22.7. The molecule has 1 aliphatic rings. The molecule has 8 heteroatoms. The molecule has 0 saturated heterocycles. The van der Waals surface area contributed by atoms with Crippen molar-refractivity contribution < 1.29 is 9.53 Å². The standard InChI is InChI=1S/C31H33N5O2S/c1-5-18-39-31-34-30-32-22(4)27(29(37)33-26-9-7-6-8-21(26)3)28(36(30)35-31)24-14-16-25(17-15-24)38-19-23-12-10-20(2)11-13-23/h6-17,28H,5,18-19H2,1-4H3,(H,33,37)(H,32,34,35). The van der Waals surface area contributed by atoms with Gasteiger partial charge in [0.2, 0.25) is 11.1 Å². The van der Waals surface area contributed by atoms with E-state index in [0.29, 0.717) is 23.3 Å². The number of aromatic nitrogens is 3. The molecule has 1 unspecified atom stereocenters. The second-order valence-corrected chi connectivity index (χ2v) is 10.8. The molecule has 200 valence electrons. The van der Waals surface area contributed by atoms with Crippen LogP contribution >= 0.6 is 11.8 Å². The molecule has 1 atom stereocenters. The topological polar surface area (TPSA) is 81.1 Å². The van der Waals surface area contributed by atoms with E-state index in [-0.39, 0.29) is 5.91 Å². The summed E-state index contributed by atoms with van der Waals surface area (Å²) in [7, 11) is 0. The van der Waals surface area contributed by atoms with Gasteiger partial charge in [0.15, 0.2) is 0 Å². The molecule has 2 N–H and O–H groups in total. The Morgan fingerprint density at radius 1 is 1.03 bits per heavy atom. The van der Waals surface area contributed by atoms with Gasteiger partial charge in [-0.1, -0.05) is 78.8 Å². The highest BCUT2D eigenvalue weighted by atomic mass is 32.2. The number of nitrogens with zero attached hydrogens (tertiary/aromatic N) is 3. The van der Waals surface area contributed by atoms with Crippen molar-refractivity contribution in [3.8, 4) is 5.75 Å². The van der Waals surface area contributed by atoms with Crippen LogP contribution in [-0.2, 0) is 11.4 Å². The highest BCUT2D eigenvalue weighted by Gasteiger charge is 2.34. The van der Waals surface area contributed by atoms with Crippen LogP contribution in [0.1, 0.15) is 48.6 Å². The fraction of sp³-hybridized carbons (Fsp3) is 0.258. The molecular weight excluding hydrogens is 506 g/mol. The lowest BCUT2D eigenvalue weighted by atomic mass is 9.95. The molecule has 2 heterocycles. The summed E-state index contributed by atoms with van der Waals surface area (Å²) in [5, 5.41) is 11.9. The zero-order chi connectivity index (χ0) is 27.4. The van der Waals surface area contributed by atoms with Crippen LogP contribution in [0, 0.1) is 13.8 Å². The number of ether oxygens (including phenoxy) is 1. The van der Waals surface area contributed by atoms with Gasteiger partial charge in [-0.15, -0.1) is 5.10 Å². The third kappa shape index (κ3) is 6.01. The van der Waals surface area contributed by atoms with Gasteiger partial charge in [0.1, 0.15) is 18.4 Å². The number of anilines is 2. The first-order valence-electron chi connectivity index (χ1n) is 13.2. The summed E-state index contributed by atoms with van der Waals surface area (Å²) < 4.78 is 7.86. The van der Waals surface area contributed by atoms with E-state index >= 15 is 0 Å². The smallest absolute Gasteiger partial charge is 0.255 e. The van der Waals surface area contributed by atoms with Crippen molar-refractivity contribution in [1.82, 2.24) is 14.8 Å². The number of carbonyl (C=O) groups is 1. The summed E-state index contributed by atoms with van der Waals surface area (Å²) in [6.07, 6.45) is 1.02. The molecule has 4 aromatic rings. The van der Waals surface area contributed by atoms with E-state index < -0.39 is 6.04 Å². The normalized spacial score (nSPS) is 14.5. The first kappa shape index (κ1) is 26.6. The summed E-state index contributed by atoms with van der Waals surface area (Å²) in [5.41, 5.74) is 6.38. The summed E-state index contributed by atoms with van der Waals surface area (Å²) >= 11 is 1.61. The number of benzene rings is 3. The van der Waals surface area contributed by atoms with E-state index in [1.165, 1.54) is 5.56 Å². The Hall–Kier alpha value is -4.04. The molecule has 7 nitrogen and oxygen atoms in total. The molecule has 0 aliphatic carbocycles. The Morgan fingerprint density at radius 3 is 2.49 bits per heavy atom. The largest absolute Gasteiger partial charge is 0.489 e. The van der Waals surface area contributed by atoms with E-state index in [4.69, 9.17) is 14.8 Å². The maximum absolute atomic E-state index is 13.8. The molecule has 0 saturated carbocycles. The number of amides is 1. The number of hydrogen-bond acceptors (Lipinski definition) is 6. The minimum absolute atomic E-state index is 0.178. The number of para-hydroxylation sites is 1. The van der Waals surface area contributed by atoms with Crippen LogP contribution in [0.15, 0.2) is 89.2 Å². The molecule has 0 fully saturated rings. The minimum Gasteiger partial charge on any atom is -0.489 e. The number of rotatable bonds is 9. The predicted molar refractivity (Wildman–Crippen MR) is 157 cm³/mol. The number of allylic oxidation sites excluding steroid dienone is 1. The highest BCUT2D eigenvalue weighted by Crippen LogP contribution is 2.37. The average molecular weight is 540 g/mol. The fourth-order valence-electron chi connectivity index (χ4n) is 4.49. The van der Waals surface area contributed by atoms with Crippen molar-refractivity contribution in [3.63, 3.8) is 0 Å². The molecule has 0 spiro atoms. The van der Waals surface area contributed by atoms with Crippen LogP contribution in [0.4, 0.5) is 11.6 Å². The van der Waals surface area contributed by atoms with Gasteiger partial charge in [-0.3, -0.25) is 4.79 Å². The number of nitrogens with one attached hydrogen (secondary N) is 2. The molecule has 0 radical (unpaired) electrons. The number of thioether (sulfide) groups is 1. The molecule has 0 bridgehead atoms. The number of fused-ring (bicyclic) bond motifs is 1. The average Bonchev–Trinajstić information content (AvgIpc) is 3.34. The van der Waals surface area contributed by atoms with Crippen molar-refractivity contribution in [1.29, 1.82) is 0 Å². The predicted octanol–water partition coefficient (Wildman–Crippen LogP) is 6.90. The lowest BCUT2D eigenvalue weighted by molar-refractivity contribution is -0.113. The zero-order valence-corrected chi connectivity index (χ0v) is 23.5. The third-order valence-electron chi connectivity index (χ3n) is 6.63. The van der Waals surface area contributed by atoms with Gasteiger partial charge in [0.25, 0.3) is 5.91 Å². The molecule has 1 aliphatic heterocycles. The number of carbonyl (C=O) groups excluding carboxylic acids is 1. The first-order valence-corrected chi connectivity index (χ1v) is 14.1. The second-order valence-electron chi connectivity index (χ2n) is 9.69. The van der Waals surface area contributed by atoms with E-state index in [1.54, 1.807) is 11.8 Å². The van der Waals surface area contributed by atoms with E-state index in [2.05, 4.69) is 48.7 Å². The van der Waals surface area contributed by atoms with Crippen LogP contribution < -0.4 is 15.4 Å².